The van der Waals surface area contributed by atoms with Gasteiger partial charge >= 0.3 is 0 Å². The Bertz CT molecular complexity index is 665. The Balaban J connectivity index is 1.70. The lowest BCUT2D eigenvalue weighted by molar-refractivity contribution is 0.0910. The lowest BCUT2D eigenvalue weighted by Crippen LogP contribution is -2.26. The zero-order chi connectivity index (χ0) is 14.8. The van der Waals surface area contributed by atoms with Crippen LogP contribution in [0.3, 0.4) is 0 Å². The monoisotopic (exact) mass is 288 g/mol. The highest BCUT2D eigenvalue weighted by molar-refractivity contribution is 5.91. The van der Waals surface area contributed by atoms with Gasteiger partial charge in [-0.1, -0.05) is 6.07 Å². The molecule has 110 valence electrons. The summed E-state index contributed by atoms with van der Waals surface area (Å²) >= 11 is 0. The van der Waals surface area contributed by atoms with E-state index in [0.717, 1.165) is 11.3 Å². The fraction of sp³-hybridized carbons (Fsp3) is 0.267. The molecule has 3 N–H and O–H groups in total. The highest BCUT2D eigenvalue weighted by Crippen LogP contribution is 2.34. The number of nitrogens with two attached hydrogens (primary N) is 1. The van der Waals surface area contributed by atoms with Gasteiger partial charge in [0, 0.05) is 0 Å². The Kier molecular flexibility index (Phi) is 3.53. The summed E-state index contributed by atoms with van der Waals surface area (Å²) in [4.78, 5) is 12.1. The van der Waals surface area contributed by atoms with Crippen LogP contribution in [-0.2, 0) is 6.54 Å². The van der Waals surface area contributed by atoms with Crippen molar-refractivity contribution in [3.05, 3.63) is 47.4 Å². The van der Waals surface area contributed by atoms with Crippen LogP contribution in [0.15, 0.2) is 34.7 Å². The number of nitrogens with one attached hydrogen (secondary N) is 1. The van der Waals surface area contributed by atoms with Gasteiger partial charge < -0.3 is 24.9 Å². The van der Waals surface area contributed by atoms with Crippen LogP contribution < -0.4 is 20.5 Å². The molecule has 1 amide bonds. The number of hydrogen-bond donors (Lipinski definition) is 2. The second-order valence-electron chi connectivity index (χ2n) is 4.78. The third-order valence-corrected chi connectivity index (χ3v) is 3.33. The molecule has 2 aromatic rings. The fourth-order valence-electron chi connectivity index (χ4n) is 2.14. The van der Waals surface area contributed by atoms with E-state index in [9.17, 15) is 4.79 Å². The summed E-state index contributed by atoms with van der Waals surface area (Å²) in [5, 5.41) is 2.87. The van der Waals surface area contributed by atoms with Crippen molar-refractivity contribution in [3.63, 3.8) is 0 Å². The van der Waals surface area contributed by atoms with E-state index in [4.69, 9.17) is 19.6 Å². The number of amides is 1. The van der Waals surface area contributed by atoms with Gasteiger partial charge in [-0.05, 0) is 36.8 Å². The van der Waals surface area contributed by atoms with Gasteiger partial charge in [0.05, 0.1) is 12.6 Å². The SMILES string of the molecule is CC(NC(=O)c1ccc(CN)o1)c1ccc2c(c1)OCO2. The molecule has 6 nitrogen and oxygen atoms in total. The van der Waals surface area contributed by atoms with Crippen LogP contribution in [0, 0.1) is 0 Å². The molecule has 1 aromatic heterocycles. The van der Waals surface area contributed by atoms with Gasteiger partial charge in [0.25, 0.3) is 5.91 Å². The number of ether oxygens (including phenoxy) is 2. The van der Waals surface area contributed by atoms with Crippen molar-refractivity contribution in [3.8, 4) is 11.5 Å². The largest absolute Gasteiger partial charge is 0.455 e. The van der Waals surface area contributed by atoms with Gasteiger partial charge in [0.1, 0.15) is 5.76 Å². The van der Waals surface area contributed by atoms with Crippen LogP contribution in [0.25, 0.3) is 0 Å². The Morgan fingerprint density at radius 1 is 1.29 bits per heavy atom. The van der Waals surface area contributed by atoms with Crippen molar-refractivity contribution in [1.29, 1.82) is 0 Å². The molecule has 2 heterocycles. The van der Waals surface area contributed by atoms with Gasteiger partial charge in [0.2, 0.25) is 6.79 Å². The number of benzene rings is 1. The summed E-state index contributed by atoms with van der Waals surface area (Å²) in [5.74, 6) is 1.96. The van der Waals surface area contributed by atoms with E-state index in [2.05, 4.69) is 5.32 Å². The standard InChI is InChI=1S/C15H16N2O4/c1-9(10-2-4-12-14(6-10)20-8-19-12)17-15(18)13-5-3-11(7-16)21-13/h2-6,9H,7-8,16H2,1H3,(H,17,18). The maximum Gasteiger partial charge on any atom is 0.287 e. The first-order valence-electron chi connectivity index (χ1n) is 6.66. The zero-order valence-electron chi connectivity index (χ0n) is 11.6. The number of furan rings is 1. The Morgan fingerprint density at radius 2 is 2.10 bits per heavy atom. The average molecular weight is 288 g/mol. The third kappa shape index (κ3) is 2.71. The van der Waals surface area contributed by atoms with E-state index in [1.54, 1.807) is 12.1 Å². The predicted molar refractivity (Wildman–Crippen MR) is 75.0 cm³/mol. The zero-order valence-corrected chi connectivity index (χ0v) is 11.6. The Labute approximate surface area is 121 Å². The molecule has 1 atom stereocenters. The minimum absolute atomic E-state index is 0.182. The molecule has 0 saturated heterocycles. The van der Waals surface area contributed by atoms with Crippen molar-refractivity contribution in [2.24, 2.45) is 5.73 Å². The van der Waals surface area contributed by atoms with Crippen molar-refractivity contribution >= 4 is 5.91 Å². The maximum atomic E-state index is 12.1. The predicted octanol–water partition coefficient (Wildman–Crippen LogP) is 1.96. The molecule has 1 aromatic carbocycles. The van der Waals surface area contributed by atoms with E-state index < -0.39 is 0 Å². The summed E-state index contributed by atoms with van der Waals surface area (Å²) < 4.78 is 15.9. The van der Waals surface area contributed by atoms with Gasteiger partial charge in [-0.25, -0.2) is 0 Å². The van der Waals surface area contributed by atoms with Crippen molar-refractivity contribution in [2.75, 3.05) is 6.79 Å². The molecule has 3 rings (SSSR count). The van der Waals surface area contributed by atoms with Gasteiger partial charge in [-0.2, -0.15) is 0 Å². The molecule has 1 aliphatic heterocycles. The highest BCUT2D eigenvalue weighted by Gasteiger charge is 2.18. The quantitative estimate of drug-likeness (QED) is 0.898. The van der Waals surface area contributed by atoms with E-state index >= 15 is 0 Å². The number of carbonyl (C=O) groups excluding carboxylic acids is 1. The second-order valence-corrected chi connectivity index (χ2v) is 4.78. The topological polar surface area (TPSA) is 86.7 Å². The molecule has 0 spiro atoms. The van der Waals surface area contributed by atoms with Gasteiger partial charge in [-0.3, -0.25) is 4.79 Å². The van der Waals surface area contributed by atoms with Crippen LogP contribution >= 0.6 is 0 Å². The summed E-state index contributed by atoms with van der Waals surface area (Å²) in [6, 6.07) is 8.72. The first-order chi connectivity index (χ1) is 10.2. The fourth-order valence-corrected chi connectivity index (χ4v) is 2.14. The molecular formula is C15H16N2O4. The van der Waals surface area contributed by atoms with E-state index in [1.807, 2.05) is 25.1 Å². The number of hydrogen-bond acceptors (Lipinski definition) is 5. The minimum atomic E-state index is -0.278. The van der Waals surface area contributed by atoms with Gasteiger partial charge in [-0.15, -0.1) is 0 Å². The summed E-state index contributed by atoms with van der Waals surface area (Å²) in [6.45, 7) is 2.39. The number of fused-ring (bicyclic) bond motifs is 1. The van der Waals surface area contributed by atoms with Crippen LogP contribution in [0.4, 0.5) is 0 Å². The second kappa shape index (κ2) is 5.49. The first-order valence-corrected chi connectivity index (χ1v) is 6.66. The smallest absolute Gasteiger partial charge is 0.287 e. The van der Waals surface area contributed by atoms with Crippen molar-refractivity contribution < 1.29 is 18.7 Å². The van der Waals surface area contributed by atoms with Crippen LogP contribution in [-0.4, -0.2) is 12.7 Å². The minimum Gasteiger partial charge on any atom is -0.455 e. The number of carbonyl (C=O) groups is 1. The highest BCUT2D eigenvalue weighted by atomic mass is 16.7. The van der Waals surface area contributed by atoms with E-state index in [0.29, 0.717) is 11.5 Å². The average Bonchev–Trinajstić information content (AvgIpc) is 3.15. The number of rotatable bonds is 4. The molecule has 1 aliphatic rings. The first kappa shape index (κ1) is 13.5. The van der Waals surface area contributed by atoms with Gasteiger partial charge in [0.15, 0.2) is 17.3 Å². The summed E-state index contributed by atoms with van der Waals surface area (Å²) in [7, 11) is 0. The van der Waals surface area contributed by atoms with Crippen LogP contribution in [0.1, 0.15) is 34.8 Å². The molecule has 0 saturated carbocycles. The van der Waals surface area contributed by atoms with Crippen molar-refractivity contribution in [1.82, 2.24) is 5.32 Å². The lowest BCUT2D eigenvalue weighted by Gasteiger charge is -2.13. The normalized spacial score (nSPS) is 14.0. The molecule has 0 fully saturated rings. The van der Waals surface area contributed by atoms with Crippen LogP contribution in [0.5, 0.6) is 11.5 Å². The Hall–Kier alpha value is -2.47. The third-order valence-electron chi connectivity index (χ3n) is 3.33. The van der Waals surface area contributed by atoms with E-state index in [-0.39, 0.29) is 31.0 Å². The maximum absolute atomic E-state index is 12.1. The molecule has 1 unspecified atom stereocenters. The summed E-state index contributed by atoms with van der Waals surface area (Å²) in [5.41, 5.74) is 6.39. The lowest BCUT2D eigenvalue weighted by atomic mass is 10.1. The molecule has 0 aliphatic carbocycles. The van der Waals surface area contributed by atoms with Crippen molar-refractivity contribution in [2.45, 2.75) is 19.5 Å². The Morgan fingerprint density at radius 3 is 2.86 bits per heavy atom. The molecule has 6 heteroatoms. The molecular weight excluding hydrogens is 272 g/mol. The molecule has 21 heavy (non-hydrogen) atoms. The van der Waals surface area contributed by atoms with Crippen LogP contribution in [0.2, 0.25) is 0 Å². The molecule has 0 radical (unpaired) electrons. The molecule has 0 bridgehead atoms. The summed E-state index contributed by atoms with van der Waals surface area (Å²) in [6.07, 6.45) is 0. The van der Waals surface area contributed by atoms with E-state index in [1.165, 1.54) is 0 Å².